The smallest absolute Gasteiger partial charge is 0.322 e. The second-order valence-electron chi connectivity index (χ2n) is 5.23. The largest absolute Gasteiger partial charge is 0.467 e. The Balaban J connectivity index is 2.19. The molecule has 1 saturated heterocycles. The van der Waals surface area contributed by atoms with E-state index in [1.807, 2.05) is 0 Å². The van der Waals surface area contributed by atoms with Gasteiger partial charge in [-0.1, -0.05) is 20.8 Å². The van der Waals surface area contributed by atoms with Crippen LogP contribution in [-0.4, -0.2) is 41.7 Å². The van der Waals surface area contributed by atoms with Gasteiger partial charge in [0.2, 0.25) is 11.9 Å². The number of ether oxygens (including phenoxy) is 1. The molecule has 1 aliphatic heterocycles. The molecule has 6 heteroatoms. The third-order valence-corrected chi connectivity index (χ3v) is 3.59. The third kappa shape index (κ3) is 3.24. The van der Waals surface area contributed by atoms with Crippen molar-refractivity contribution in [1.29, 1.82) is 0 Å². The standard InChI is InChI=1S/C13H23N5O/c1-5-6-14-11-15-12(17-13(16-11)19-4)18-7-9(2)10(3)8-18/h9-10H,5-8H2,1-4H3,(H,14,15,16,17). The van der Waals surface area contributed by atoms with E-state index in [-0.39, 0.29) is 0 Å². The Morgan fingerprint density at radius 3 is 2.47 bits per heavy atom. The van der Waals surface area contributed by atoms with Gasteiger partial charge in [0.15, 0.2) is 0 Å². The minimum atomic E-state index is 0.371. The van der Waals surface area contributed by atoms with Crippen LogP contribution in [0.2, 0.25) is 0 Å². The van der Waals surface area contributed by atoms with Gasteiger partial charge in [-0.05, 0) is 18.3 Å². The van der Waals surface area contributed by atoms with Gasteiger partial charge in [-0.3, -0.25) is 0 Å². The van der Waals surface area contributed by atoms with Crippen LogP contribution in [0.4, 0.5) is 11.9 Å². The number of nitrogens with zero attached hydrogens (tertiary/aromatic N) is 4. The molecule has 0 radical (unpaired) electrons. The summed E-state index contributed by atoms with van der Waals surface area (Å²) in [6.07, 6.45) is 1.03. The van der Waals surface area contributed by atoms with Crippen LogP contribution in [0.1, 0.15) is 27.2 Å². The highest BCUT2D eigenvalue weighted by Gasteiger charge is 2.28. The molecule has 0 amide bonds. The maximum atomic E-state index is 5.16. The average Bonchev–Trinajstić information content (AvgIpc) is 2.76. The van der Waals surface area contributed by atoms with E-state index >= 15 is 0 Å². The summed E-state index contributed by atoms with van der Waals surface area (Å²) in [5, 5.41) is 3.19. The van der Waals surface area contributed by atoms with Crippen LogP contribution >= 0.6 is 0 Å². The van der Waals surface area contributed by atoms with Crippen molar-refractivity contribution in [3.8, 4) is 6.01 Å². The lowest BCUT2D eigenvalue weighted by Crippen LogP contribution is -2.23. The van der Waals surface area contributed by atoms with Gasteiger partial charge in [-0.25, -0.2) is 0 Å². The van der Waals surface area contributed by atoms with Crippen molar-refractivity contribution in [1.82, 2.24) is 15.0 Å². The van der Waals surface area contributed by atoms with E-state index in [4.69, 9.17) is 4.74 Å². The fraction of sp³-hybridized carbons (Fsp3) is 0.769. The molecule has 0 spiro atoms. The van der Waals surface area contributed by atoms with Crippen LogP contribution in [0.25, 0.3) is 0 Å². The lowest BCUT2D eigenvalue weighted by atomic mass is 10.0. The molecule has 106 valence electrons. The van der Waals surface area contributed by atoms with E-state index in [1.165, 1.54) is 0 Å². The highest BCUT2D eigenvalue weighted by atomic mass is 16.5. The number of rotatable bonds is 5. The molecule has 0 bridgehead atoms. The van der Waals surface area contributed by atoms with Gasteiger partial charge in [0.1, 0.15) is 0 Å². The summed E-state index contributed by atoms with van der Waals surface area (Å²) in [6.45, 7) is 9.46. The van der Waals surface area contributed by atoms with Gasteiger partial charge in [0, 0.05) is 19.6 Å². The molecule has 0 aliphatic carbocycles. The Bertz CT molecular complexity index is 415. The molecular weight excluding hydrogens is 242 g/mol. The van der Waals surface area contributed by atoms with E-state index in [0.717, 1.165) is 26.1 Å². The molecule has 0 aromatic carbocycles. The van der Waals surface area contributed by atoms with Gasteiger partial charge in [0.05, 0.1) is 7.11 Å². The number of hydrogen-bond acceptors (Lipinski definition) is 6. The molecule has 2 atom stereocenters. The molecule has 2 unspecified atom stereocenters. The molecule has 6 nitrogen and oxygen atoms in total. The summed E-state index contributed by atoms with van der Waals surface area (Å²) in [5.41, 5.74) is 0. The van der Waals surface area contributed by atoms with Gasteiger partial charge >= 0.3 is 6.01 Å². The van der Waals surface area contributed by atoms with Crippen molar-refractivity contribution in [2.24, 2.45) is 11.8 Å². The van der Waals surface area contributed by atoms with Crippen molar-refractivity contribution >= 4 is 11.9 Å². The second-order valence-corrected chi connectivity index (χ2v) is 5.23. The molecule has 2 rings (SSSR count). The van der Waals surface area contributed by atoms with Gasteiger partial charge in [-0.15, -0.1) is 0 Å². The SMILES string of the molecule is CCCNc1nc(OC)nc(N2CC(C)C(C)C2)n1. The summed E-state index contributed by atoms with van der Waals surface area (Å²) < 4.78 is 5.16. The molecule has 19 heavy (non-hydrogen) atoms. The predicted octanol–water partition coefficient (Wildman–Crippen LogP) is 1.79. The van der Waals surface area contributed by atoms with E-state index < -0.39 is 0 Å². The molecule has 1 aliphatic rings. The Morgan fingerprint density at radius 2 is 1.89 bits per heavy atom. The van der Waals surface area contributed by atoms with Gasteiger partial charge in [0.25, 0.3) is 0 Å². The highest BCUT2D eigenvalue weighted by Crippen LogP contribution is 2.26. The topological polar surface area (TPSA) is 63.2 Å². The molecule has 1 aromatic rings. The van der Waals surface area contributed by atoms with Crippen LogP contribution < -0.4 is 15.0 Å². The van der Waals surface area contributed by atoms with Crippen molar-refractivity contribution in [3.05, 3.63) is 0 Å². The van der Waals surface area contributed by atoms with Crippen molar-refractivity contribution in [2.45, 2.75) is 27.2 Å². The maximum absolute atomic E-state index is 5.16. The summed E-state index contributed by atoms with van der Waals surface area (Å²) in [6, 6.07) is 0.371. The van der Waals surface area contributed by atoms with Gasteiger partial charge < -0.3 is 15.0 Å². The minimum Gasteiger partial charge on any atom is -0.467 e. The van der Waals surface area contributed by atoms with Crippen molar-refractivity contribution in [2.75, 3.05) is 37.0 Å². The Labute approximate surface area is 114 Å². The number of hydrogen-bond donors (Lipinski definition) is 1. The first-order valence-corrected chi connectivity index (χ1v) is 6.93. The summed E-state index contributed by atoms with van der Waals surface area (Å²) in [7, 11) is 1.58. The Kier molecular flexibility index (Phi) is 4.39. The lowest BCUT2D eigenvalue weighted by molar-refractivity contribution is 0.379. The molecule has 1 N–H and O–H groups in total. The van der Waals surface area contributed by atoms with Crippen LogP contribution in [-0.2, 0) is 0 Å². The van der Waals surface area contributed by atoms with Crippen molar-refractivity contribution < 1.29 is 4.74 Å². The zero-order valence-electron chi connectivity index (χ0n) is 12.2. The maximum Gasteiger partial charge on any atom is 0.322 e. The van der Waals surface area contributed by atoms with E-state index in [1.54, 1.807) is 7.11 Å². The number of anilines is 2. The highest BCUT2D eigenvalue weighted by molar-refractivity contribution is 5.39. The fourth-order valence-corrected chi connectivity index (χ4v) is 2.19. The number of nitrogens with one attached hydrogen (secondary N) is 1. The predicted molar refractivity (Wildman–Crippen MR) is 75.7 cm³/mol. The van der Waals surface area contributed by atoms with Gasteiger partial charge in [-0.2, -0.15) is 15.0 Å². The van der Waals surface area contributed by atoms with Crippen LogP contribution in [0.3, 0.4) is 0 Å². The molecule has 0 saturated carbocycles. The van der Waals surface area contributed by atoms with Crippen LogP contribution in [0.5, 0.6) is 6.01 Å². The monoisotopic (exact) mass is 265 g/mol. The fourth-order valence-electron chi connectivity index (χ4n) is 2.19. The van der Waals surface area contributed by atoms with Crippen LogP contribution in [0, 0.1) is 11.8 Å². The lowest BCUT2D eigenvalue weighted by Gasteiger charge is -2.17. The Hall–Kier alpha value is -1.59. The summed E-state index contributed by atoms with van der Waals surface area (Å²) >= 11 is 0. The molecule has 1 fully saturated rings. The molecule has 1 aromatic heterocycles. The Morgan fingerprint density at radius 1 is 1.21 bits per heavy atom. The van der Waals surface area contributed by atoms with E-state index in [0.29, 0.717) is 29.7 Å². The zero-order chi connectivity index (χ0) is 13.8. The molecule has 2 heterocycles. The number of aromatic nitrogens is 3. The third-order valence-electron chi connectivity index (χ3n) is 3.59. The minimum absolute atomic E-state index is 0.371. The van der Waals surface area contributed by atoms with E-state index in [9.17, 15) is 0 Å². The first-order valence-electron chi connectivity index (χ1n) is 6.93. The average molecular weight is 265 g/mol. The van der Waals surface area contributed by atoms with Crippen LogP contribution in [0.15, 0.2) is 0 Å². The first kappa shape index (κ1) is 13.8. The number of methoxy groups -OCH3 is 1. The zero-order valence-corrected chi connectivity index (χ0v) is 12.2. The molecular formula is C13H23N5O. The second kappa shape index (κ2) is 6.04. The normalized spacial score (nSPS) is 22.6. The van der Waals surface area contributed by atoms with E-state index in [2.05, 4.69) is 45.9 Å². The first-order chi connectivity index (χ1) is 9.13. The quantitative estimate of drug-likeness (QED) is 0.875. The summed E-state index contributed by atoms with van der Waals surface area (Å²) in [5.74, 6) is 2.63. The summed E-state index contributed by atoms with van der Waals surface area (Å²) in [4.78, 5) is 15.3. The van der Waals surface area contributed by atoms with Crippen molar-refractivity contribution in [3.63, 3.8) is 0 Å².